The maximum atomic E-state index is 15.6. The summed E-state index contributed by atoms with van der Waals surface area (Å²) in [7, 11) is 0. The maximum Gasteiger partial charge on any atom is 0.309 e. The molecule has 3 heterocycles. The first-order valence-electron chi connectivity index (χ1n) is 12.6. The molecular formula is C29H25FN2O5. The first-order chi connectivity index (χ1) is 18.0. The monoisotopic (exact) mass is 500 g/mol. The number of halogens is 1. The highest BCUT2D eigenvalue weighted by molar-refractivity contribution is 5.82. The predicted molar refractivity (Wildman–Crippen MR) is 134 cm³/mol. The Bertz CT molecular complexity index is 1570. The van der Waals surface area contributed by atoms with Crippen molar-refractivity contribution < 1.29 is 28.2 Å². The van der Waals surface area contributed by atoms with Crippen LogP contribution in [-0.4, -0.2) is 47.3 Å². The lowest BCUT2D eigenvalue weighted by Gasteiger charge is -2.41. The Morgan fingerprint density at radius 1 is 1.08 bits per heavy atom. The van der Waals surface area contributed by atoms with E-state index in [0.29, 0.717) is 49.7 Å². The highest BCUT2D eigenvalue weighted by Gasteiger charge is 2.41. The van der Waals surface area contributed by atoms with Crippen molar-refractivity contribution in [3.05, 3.63) is 65.0 Å². The highest BCUT2D eigenvalue weighted by atomic mass is 19.1. The fourth-order valence-electron chi connectivity index (χ4n) is 5.88. The van der Waals surface area contributed by atoms with Crippen LogP contribution in [0.15, 0.2) is 46.9 Å². The Hall–Kier alpha value is -3.91. The SMILES string of the molecule is Cc1c(-c2ccc3c(c2)OCCO3)cccc1-c1nc2cc3c(c(F)c2o1)CC[C@@H]3N1CC(C(=O)O)C1. The van der Waals surface area contributed by atoms with Gasteiger partial charge in [-0.1, -0.05) is 18.2 Å². The first-order valence-corrected chi connectivity index (χ1v) is 12.6. The largest absolute Gasteiger partial charge is 0.486 e. The van der Waals surface area contributed by atoms with Gasteiger partial charge in [-0.2, -0.15) is 0 Å². The molecule has 1 aliphatic carbocycles. The van der Waals surface area contributed by atoms with Crippen LogP contribution in [0.2, 0.25) is 0 Å². The van der Waals surface area contributed by atoms with E-state index in [1.165, 1.54) is 0 Å². The first kappa shape index (κ1) is 22.3. The third kappa shape index (κ3) is 3.50. The fraction of sp³-hybridized carbons (Fsp3) is 0.310. The molecule has 1 atom stereocenters. The van der Waals surface area contributed by atoms with Crippen LogP contribution in [0.4, 0.5) is 4.39 Å². The van der Waals surface area contributed by atoms with Gasteiger partial charge in [0.15, 0.2) is 22.9 Å². The number of rotatable bonds is 4. The van der Waals surface area contributed by atoms with E-state index >= 15 is 4.39 Å². The Morgan fingerprint density at radius 2 is 1.86 bits per heavy atom. The maximum absolute atomic E-state index is 15.6. The molecule has 2 aliphatic heterocycles. The normalized spacial score (nSPS) is 19.1. The summed E-state index contributed by atoms with van der Waals surface area (Å²) in [5, 5.41) is 9.23. The molecule has 7 nitrogen and oxygen atoms in total. The minimum Gasteiger partial charge on any atom is -0.486 e. The van der Waals surface area contributed by atoms with Crippen molar-refractivity contribution in [2.75, 3.05) is 26.3 Å². The molecule has 1 saturated heterocycles. The average Bonchev–Trinajstić information content (AvgIpc) is 3.48. The van der Waals surface area contributed by atoms with E-state index in [4.69, 9.17) is 18.9 Å². The van der Waals surface area contributed by atoms with Crippen molar-refractivity contribution in [1.82, 2.24) is 9.88 Å². The van der Waals surface area contributed by atoms with Crippen LogP contribution < -0.4 is 9.47 Å². The summed E-state index contributed by atoms with van der Waals surface area (Å²) in [6.07, 6.45) is 1.37. The van der Waals surface area contributed by atoms with Gasteiger partial charge in [-0.3, -0.25) is 9.69 Å². The summed E-state index contributed by atoms with van der Waals surface area (Å²) < 4.78 is 33.0. The van der Waals surface area contributed by atoms with Crippen molar-refractivity contribution in [3.8, 4) is 34.1 Å². The number of aromatic nitrogens is 1. The molecule has 1 fully saturated rings. The molecule has 1 aromatic heterocycles. The van der Waals surface area contributed by atoms with Gasteiger partial charge in [0, 0.05) is 24.7 Å². The molecule has 3 aliphatic rings. The van der Waals surface area contributed by atoms with Crippen molar-refractivity contribution >= 4 is 17.1 Å². The zero-order chi connectivity index (χ0) is 25.3. The van der Waals surface area contributed by atoms with Gasteiger partial charge >= 0.3 is 5.97 Å². The zero-order valence-corrected chi connectivity index (χ0v) is 20.3. The van der Waals surface area contributed by atoms with E-state index in [1.807, 2.05) is 49.4 Å². The molecule has 188 valence electrons. The number of hydrogen-bond acceptors (Lipinski definition) is 6. The molecular weight excluding hydrogens is 475 g/mol. The number of ether oxygens (including phenoxy) is 2. The molecule has 3 aromatic carbocycles. The molecule has 0 radical (unpaired) electrons. The Morgan fingerprint density at radius 3 is 2.68 bits per heavy atom. The summed E-state index contributed by atoms with van der Waals surface area (Å²) in [6, 6.07) is 13.7. The van der Waals surface area contributed by atoms with Crippen molar-refractivity contribution in [1.29, 1.82) is 0 Å². The lowest BCUT2D eigenvalue weighted by molar-refractivity contribution is -0.148. The van der Waals surface area contributed by atoms with Crippen LogP contribution in [0.3, 0.4) is 0 Å². The predicted octanol–water partition coefficient (Wildman–Crippen LogP) is 5.38. The highest BCUT2D eigenvalue weighted by Crippen LogP contribution is 2.44. The topological polar surface area (TPSA) is 85.0 Å². The van der Waals surface area contributed by atoms with Crippen LogP contribution in [0.1, 0.15) is 29.2 Å². The Balaban J connectivity index is 1.25. The number of fused-ring (bicyclic) bond motifs is 3. The molecule has 0 saturated carbocycles. The van der Waals surface area contributed by atoms with Crippen LogP contribution in [0, 0.1) is 18.7 Å². The van der Waals surface area contributed by atoms with E-state index in [-0.39, 0.29) is 23.4 Å². The third-order valence-electron chi connectivity index (χ3n) is 7.90. The lowest BCUT2D eigenvalue weighted by atomic mass is 9.95. The number of aliphatic carboxylic acids is 1. The number of nitrogens with zero attached hydrogens (tertiary/aromatic N) is 2. The lowest BCUT2D eigenvalue weighted by Crippen LogP contribution is -2.51. The van der Waals surface area contributed by atoms with E-state index in [0.717, 1.165) is 45.7 Å². The molecule has 8 heteroatoms. The number of hydrogen-bond donors (Lipinski definition) is 1. The average molecular weight is 501 g/mol. The van der Waals surface area contributed by atoms with Gasteiger partial charge in [-0.15, -0.1) is 0 Å². The van der Waals surface area contributed by atoms with Crippen molar-refractivity contribution in [2.24, 2.45) is 5.92 Å². The van der Waals surface area contributed by atoms with Gasteiger partial charge in [0.1, 0.15) is 18.7 Å². The van der Waals surface area contributed by atoms with Gasteiger partial charge in [-0.25, -0.2) is 9.37 Å². The van der Waals surface area contributed by atoms with E-state index in [1.54, 1.807) is 0 Å². The molecule has 4 aromatic rings. The number of benzene rings is 3. The van der Waals surface area contributed by atoms with E-state index in [2.05, 4.69) is 4.90 Å². The van der Waals surface area contributed by atoms with E-state index < -0.39 is 5.97 Å². The number of carbonyl (C=O) groups is 1. The zero-order valence-electron chi connectivity index (χ0n) is 20.3. The second-order valence-corrected chi connectivity index (χ2v) is 10.0. The molecule has 37 heavy (non-hydrogen) atoms. The summed E-state index contributed by atoms with van der Waals surface area (Å²) in [5.74, 6) is 0.358. The quantitative estimate of drug-likeness (QED) is 0.402. The Labute approximate surface area is 212 Å². The molecule has 0 spiro atoms. The summed E-state index contributed by atoms with van der Waals surface area (Å²) >= 11 is 0. The number of oxazole rings is 1. The minimum absolute atomic E-state index is 0.0184. The molecule has 1 N–H and O–H groups in total. The van der Waals surface area contributed by atoms with Crippen LogP contribution in [0.25, 0.3) is 33.7 Å². The molecule has 0 unspecified atom stereocenters. The minimum atomic E-state index is -0.772. The van der Waals surface area contributed by atoms with Gasteiger partial charge in [-0.05, 0) is 71.8 Å². The van der Waals surface area contributed by atoms with E-state index in [9.17, 15) is 9.90 Å². The van der Waals surface area contributed by atoms with Crippen molar-refractivity contribution in [3.63, 3.8) is 0 Å². The van der Waals surface area contributed by atoms with Gasteiger partial charge in [0.05, 0.1) is 5.92 Å². The van der Waals surface area contributed by atoms with Crippen LogP contribution in [-0.2, 0) is 11.2 Å². The fourth-order valence-corrected chi connectivity index (χ4v) is 5.88. The van der Waals surface area contributed by atoms with Gasteiger partial charge < -0.3 is 19.0 Å². The molecule has 0 amide bonds. The van der Waals surface area contributed by atoms with Gasteiger partial charge in [0.2, 0.25) is 5.89 Å². The molecule has 0 bridgehead atoms. The third-order valence-corrected chi connectivity index (χ3v) is 7.90. The second-order valence-electron chi connectivity index (χ2n) is 10.0. The van der Waals surface area contributed by atoms with Crippen molar-refractivity contribution in [2.45, 2.75) is 25.8 Å². The summed E-state index contributed by atoms with van der Waals surface area (Å²) in [6.45, 7) is 4.06. The summed E-state index contributed by atoms with van der Waals surface area (Å²) in [5.41, 5.74) is 5.97. The second kappa shape index (κ2) is 8.31. The standard InChI is InChI=1S/C29H25FN2O5/c1-15-18(16-5-8-24-25(11-16)36-10-9-35-24)3-2-4-19(15)28-31-22-12-21-20(26(30)27(22)37-28)6-7-23(21)32-13-17(14-32)29(33)34/h2-5,8,11-12,17,23H,6-7,9-10,13-14H2,1H3,(H,33,34)/t23-/m0/s1. The number of likely N-dealkylation sites (tertiary alicyclic amines) is 1. The summed E-state index contributed by atoms with van der Waals surface area (Å²) in [4.78, 5) is 18.1. The van der Waals surface area contributed by atoms with Crippen LogP contribution >= 0.6 is 0 Å². The molecule has 7 rings (SSSR count). The number of carboxylic acid groups (broad SMARTS) is 1. The van der Waals surface area contributed by atoms with Gasteiger partial charge in [0.25, 0.3) is 0 Å². The number of carboxylic acids is 1. The Kier molecular flexibility index (Phi) is 5.01. The smallest absolute Gasteiger partial charge is 0.309 e. The van der Waals surface area contributed by atoms with Crippen LogP contribution in [0.5, 0.6) is 11.5 Å².